The first-order valence-electron chi connectivity index (χ1n) is 7.20. The molecule has 2 rings (SSSR count). The van der Waals surface area contributed by atoms with Gasteiger partial charge in [0, 0.05) is 41.9 Å². The summed E-state index contributed by atoms with van der Waals surface area (Å²) in [4.78, 5) is 14.3. The van der Waals surface area contributed by atoms with Gasteiger partial charge in [-0.15, -0.1) is 0 Å². The predicted molar refractivity (Wildman–Crippen MR) is 77.3 cm³/mol. The molecule has 1 aliphatic heterocycles. The number of carbonyl (C=O) groups excluding carboxylic acids is 1. The van der Waals surface area contributed by atoms with Gasteiger partial charge in [-0.3, -0.25) is 13.9 Å². The molecule has 1 amide bonds. The average Bonchev–Trinajstić information content (AvgIpc) is 3.21. The number of nitrogens with zero attached hydrogens (tertiary/aromatic N) is 1. The zero-order chi connectivity index (χ0) is 13.9. The van der Waals surface area contributed by atoms with Crippen molar-refractivity contribution in [3.63, 3.8) is 0 Å². The number of rotatable bonds is 7. The van der Waals surface area contributed by atoms with Crippen LogP contribution < -0.4 is 11.1 Å². The highest BCUT2D eigenvalue weighted by molar-refractivity contribution is 7.85. The maximum atomic E-state index is 12.0. The van der Waals surface area contributed by atoms with E-state index >= 15 is 0 Å². The summed E-state index contributed by atoms with van der Waals surface area (Å²) in [5.74, 6) is 1.58. The SMILES string of the molecule is CCCNC(CN1CCS(=O)CC1)(C(N)=O)C1CC1. The fourth-order valence-electron chi connectivity index (χ4n) is 2.81. The Morgan fingerprint density at radius 2 is 2.05 bits per heavy atom. The number of nitrogens with one attached hydrogen (secondary N) is 1. The molecule has 1 heterocycles. The molecular weight excluding hydrogens is 262 g/mol. The molecule has 0 aromatic rings. The van der Waals surface area contributed by atoms with E-state index < -0.39 is 16.3 Å². The van der Waals surface area contributed by atoms with Crippen molar-refractivity contribution in [1.29, 1.82) is 0 Å². The summed E-state index contributed by atoms with van der Waals surface area (Å²) in [5.41, 5.74) is 5.14. The Kier molecular flexibility index (Phi) is 4.97. The van der Waals surface area contributed by atoms with Gasteiger partial charge >= 0.3 is 0 Å². The average molecular weight is 287 g/mol. The summed E-state index contributed by atoms with van der Waals surface area (Å²) in [5, 5.41) is 3.41. The Balaban J connectivity index is 2.03. The van der Waals surface area contributed by atoms with Crippen molar-refractivity contribution in [2.45, 2.75) is 31.7 Å². The Labute approximate surface area is 117 Å². The number of nitrogens with two attached hydrogens (primary N) is 1. The second-order valence-corrected chi connectivity index (χ2v) is 7.36. The van der Waals surface area contributed by atoms with Gasteiger partial charge in [0.05, 0.1) is 0 Å². The molecule has 0 spiro atoms. The molecule has 1 atom stereocenters. The van der Waals surface area contributed by atoms with Gasteiger partial charge in [0.25, 0.3) is 0 Å². The first-order chi connectivity index (χ1) is 9.08. The van der Waals surface area contributed by atoms with E-state index in [-0.39, 0.29) is 5.91 Å². The smallest absolute Gasteiger partial charge is 0.239 e. The molecule has 3 N–H and O–H groups in total. The van der Waals surface area contributed by atoms with Gasteiger partial charge in [0.1, 0.15) is 5.54 Å². The zero-order valence-electron chi connectivity index (χ0n) is 11.7. The topological polar surface area (TPSA) is 75.4 Å². The van der Waals surface area contributed by atoms with Gasteiger partial charge in [0.15, 0.2) is 0 Å². The highest BCUT2D eigenvalue weighted by Crippen LogP contribution is 2.40. The van der Waals surface area contributed by atoms with Crippen LogP contribution in [0.25, 0.3) is 0 Å². The summed E-state index contributed by atoms with van der Waals surface area (Å²) in [6, 6.07) is 0. The van der Waals surface area contributed by atoms with E-state index in [1.165, 1.54) is 0 Å². The molecule has 0 bridgehead atoms. The molecule has 2 fully saturated rings. The lowest BCUT2D eigenvalue weighted by molar-refractivity contribution is -0.126. The lowest BCUT2D eigenvalue weighted by Crippen LogP contribution is -2.64. The molecule has 19 heavy (non-hydrogen) atoms. The van der Waals surface area contributed by atoms with E-state index in [1.54, 1.807) is 0 Å². The van der Waals surface area contributed by atoms with Crippen LogP contribution in [0.5, 0.6) is 0 Å². The molecule has 1 aliphatic carbocycles. The van der Waals surface area contributed by atoms with E-state index in [9.17, 15) is 9.00 Å². The highest BCUT2D eigenvalue weighted by Gasteiger charge is 2.50. The number of carbonyl (C=O) groups is 1. The molecule has 6 heteroatoms. The summed E-state index contributed by atoms with van der Waals surface area (Å²) >= 11 is 0. The Bertz CT molecular complexity index is 350. The van der Waals surface area contributed by atoms with Gasteiger partial charge in [-0.25, -0.2) is 0 Å². The molecule has 1 unspecified atom stereocenters. The van der Waals surface area contributed by atoms with Crippen molar-refractivity contribution in [3.05, 3.63) is 0 Å². The van der Waals surface area contributed by atoms with E-state index in [4.69, 9.17) is 5.73 Å². The molecule has 0 aromatic carbocycles. The van der Waals surface area contributed by atoms with Crippen molar-refractivity contribution in [3.8, 4) is 0 Å². The standard InChI is InChI=1S/C13H25N3O2S/c1-2-5-15-13(12(14)17,11-3-4-11)10-16-6-8-19(18)9-7-16/h11,15H,2-10H2,1H3,(H2,14,17). The molecule has 110 valence electrons. The monoisotopic (exact) mass is 287 g/mol. The van der Waals surface area contributed by atoms with E-state index in [2.05, 4.69) is 17.1 Å². The van der Waals surface area contributed by atoms with Crippen LogP contribution in [0.1, 0.15) is 26.2 Å². The van der Waals surface area contributed by atoms with Gasteiger partial charge in [0.2, 0.25) is 5.91 Å². The van der Waals surface area contributed by atoms with Gasteiger partial charge in [-0.2, -0.15) is 0 Å². The molecule has 0 aromatic heterocycles. The van der Waals surface area contributed by atoms with Gasteiger partial charge < -0.3 is 11.1 Å². The highest BCUT2D eigenvalue weighted by atomic mass is 32.2. The van der Waals surface area contributed by atoms with Crippen molar-refractivity contribution >= 4 is 16.7 Å². The van der Waals surface area contributed by atoms with Crippen LogP contribution in [0.15, 0.2) is 0 Å². The van der Waals surface area contributed by atoms with Gasteiger partial charge in [-0.1, -0.05) is 6.92 Å². The third kappa shape index (κ3) is 3.55. The van der Waals surface area contributed by atoms with E-state index in [0.29, 0.717) is 24.0 Å². The molecular formula is C13H25N3O2S. The minimum atomic E-state index is -0.679. The van der Waals surface area contributed by atoms with Crippen LogP contribution >= 0.6 is 0 Å². The fourth-order valence-corrected chi connectivity index (χ4v) is 3.93. The third-order valence-corrected chi connectivity index (χ3v) is 5.42. The number of hydrogen-bond donors (Lipinski definition) is 2. The Hall–Kier alpha value is -0.460. The predicted octanol–water partition coefficient (Wildman–Crippen LogP) is -0.316. The van der Waals surface area contributed by atoms with Crippen LogP contribution in [0, 0.1) is 5.92 Å². The van der Waals surface area contributed by atoms with Crippen molar-refractivity contribution < 1.29 is 9.00 Å². The Morgan fingerprint density at radius 3 is 2.53 bits per heavy atom. The first-order valence-corrected chi connectivity index (χ1v) is 8.69. The van der Waals surface area contributed by atoms with Crippen LogP contribution in [0.4, 0.5) is 0 Å². The lowest BCUT2D eigenvalue weighted by Gasteiger charge is -2.38. The van der Waals surface area contributed by atoms with Crippen LogP contribution in [0.3, 0.4) is 0 Å². The maximum Gasteiger partial charge on any atom is 0.239 e. The van der Waals surface area contributed by atoms with Crippen LogP contribution in [-0.4, -0.2) is 58.2 Å². The van der Waals surface area contributed by atoms with E-state index in [1.807, 2.05) is 0 Å². The van der Waals surface area contributed by atoms with E-state index in [0.717, 1.165) is 38.9 Å². The fraction of sp³-hybridized carbons (Fsp3) is 0.923. The molecule has 1 saturated heterocycles. The quantitative estimate of drug-likeness (QED) is 0.673. The molecule has 1 saturated carbocycles. The second-order valence-electron chi connectivity index (χ2n) is 5.66. The maximum absolute atomic E-state index is 12.0. The summed E-state index contributed by atoms with van der Waals surface area (Å²) in [6.07, 6.45) is 3.16. The minimum Gasteiger partial charge on any atom is -0.368 e. The van der Waals surface area contributed by atoms with Crippen LogP contribution in [0.2, 0.25) is 0 Å². The summed E-state index contributed by atoms with van der Waals surface area (Å²) in [7, 11) is -0.679. The molecule has 0 radical (unpaired) electrons. The zero-order valence-corrected chi connectivity index (χ0v) is 12.5. The Morgan fingerprint density at radius 1 is 1.42 bits per heavy atom. The van der Waals surface area contributed by atoms with Gasteiger partial charge in [-0.05, 0) is 31.7 Å². The summed E-state index contributed by atoms with van der Waals surface area (Å²) in [6.45, 7) is 5.20. The second kappa shape index (κ2) is 6.33. The minimum absolute atomic E-state index is 0.227. The lowest BCUT2D eigenvalue weighted by atomic mass is 9.91. The first kappa shape index (κ1) is 14.9. The van der Waals surface area contributed by atoms with Crippen molar-refractivity contribution in [1.82, 2.24) is 10.2 Å². The number of hydrogen-bond acceptors (Lipinski definition) is 4. The molecule has 2 aliphatic rings. The molecule has 5 nitrogen and oxygen atoms in total. The normalized spacial score (nSPS) is 25.1. The number of amides is 1. The van der Waals surface area contributed by atoms with Crippen molar-refractivity contribution in [2.75, 3.05) is 37.7 Å². The third-order valence-electron chi connectivity index (χ3n) is 4.15. The summed E-state index contributed by atoms with van der Waals surface area (Å²) < 4.78 is 11.4. The largest absolute Gasteiger partial charge is 0.368 e. The van der Waals surface area contributed by atoms with Crippen LogP contribution in [-0.2, 0) is 15.6 Å². The van der Waals surface area contributed by atoms with Crippen molar-refractivity contribution in [2.24, 2.45) is 11.7 Å². The number of primary amides is 1.